The van der Waals surface area contributed by atoms with E-state index in [1.165, 1.54) is 4.88 Å². The summed E-state index contributed by atoms with van der Waals surface area (Å²) in [7, 11) is 0. The summed E-state index contributed by atoms with van der Waals surface area (Å²) in [6.45, 7) is 12.0. The van der Waals surface area contributed by atoms with Gasteiger partial charge in [-0.05, 0) is 23.8 Å². The summed E-state index contributed by atoms with van der Waals surface area (Å²) in [4.78, 5) is 15.9. The minimum atomic E-state index is 0. The molecule has 1 amide bonds. The van der Waals surface area contributed by atoms with Crippen molar-refractivity contribution in [2.24, 2.45) is 5.41 Å². The highest BCUT2D eigenvalue weighted by atomic mass is 35.5. The van der Waals surface area contributed by atoms with Crippen LogP contribution in [-0.4, -0.2) is 43.0 Å². The van der Waals surface area contributed by atoms with E-state index >= 15 is 0 Å². The van der Waals surface area contributed by atoms with E-state index in [0.717, 1.165) is 19.6 Å². The fourth-order valence-corrected chi connectivity index (χ4v) is 3.70. The molecule has 1 fully saturated rings. The molecule has 6 heteroatoms. The predicted octanol–water partition coefficient (Wildman–Crippen LogP) is 2.67. The Morgan fingerprint density at radius 3 is 2.82 bits per heavy atom. The summed E-state index contributed by atoms with van der Waals surface area (Å²) in [5.74, 6) is 0.122. The molecule has 0 radical (unpaired) electrons. The summed E-state index contributed by atoms with van der Waals surface area (Å²) < 4.78 is 0. The van der Waals surface area contributed by atoms with Gasteiger partial charge in [0.2, 0.25) is 5.91 Å². The number of hydrogen-bond donors (Lipinski definition) is 2. The number of carbonyl (C=O) groups excluding carboxylic acids is 1. The first kappa shape index (κ1) is 19.4. The van der Waals surface area contributed by atoms with Crippen molar-refractivity contribution < 1.29 is 4.79 Å². The van der Waals surface area contributed by atoms with Gasteiger partial charge in [0.25, 0.3) is 0 Å². The van der Waals surface area contributed by atoms with Crippen molar-refractivity contribution in [1.29, 1.82) is 0 Å². The van der Waals surface area contributed by atoms with Crippen molar-refractivity contribution in [3.63, 3.8) is 0 Å². The van der Waals surface area contributed by atoms with Crippen LogP contribution in [0.1, 0.15) is 38.6 Å². The Kier molecular flexibility index (Phi) is 7.32. The fourth-order valence-electron chi connectivity index (χ4n) is 2.68. The second kappa shape index (κ2) is 8.29. The zero-order valence-corrected chi connectivity index (χ0v) is 15.5. The lowest BCUT2D eigenvalue weighted by Crippen LogP contribution is -2.53. The molecule has 1 saturated heterocycles. The molecule has 0 aromatic carbocycles. The number of halogens is 1. The molecule has 1 aliphatic heterocycles. The van der Waals surface area contributed by atoms with Crippen molar-refractivity contribution in [3.8, 4) is 0 Å². The molecule has 0 aliphatic carbocycles. The van der Waals surface area contributed by atoms with Crippen LogP contribution in [0.2, 0.25) is 0 Å². The molecule has 2 heterocycles. The molecule has 22 heavy (non-hydrogen) atoms. The number of nitrogens with one attached hydrogen (secondary N) is 2. The van der Waals surface area contributed by atoms with Crippen molar-refractivity contribution in [2.45, 2.75) is 39.8 Å². The van der Waals surface area contributed by atoms with Crippen LogP contribution in [0.3, 0.4) is 0 Å². The summed E-state index contributed by atoms with van der Waals surface area (Å²) in [5.41, 5.74) is 0.00951. The number of hydrogen-bond acceptors (Lipinski definition) is 4. The maximum Gasteiger partial charge on any atom is 0.234 e. The molecule has 1 aliphatic rings. The second-order valence-electron chi connectivity index (χ2n) is 6.91. The monoisotopic (exact) mass is 345 g/mol. The second-order valence-corrected chi connectivity index (χ2v) is 7.88. The molecule has 0 bridgehead atoms. The molecule has 2 rings (SSSR count). The first-order valence-corrected chi connectivity index (χ1v) is 8.53. The molecule has 1 unspecified atom stereocenters. The Balaban J connectivity index is 0.00000242. The molecule has 126 valence electrons. The summed E-state index contributed by atoms with van der Waals surface area (Å²) in [5, 5.41) is 8.66. The van der Waals surface area contributed by atoms with Crippen LogP contribution in [0.5, 0.6) is 0 Å². The van der Waals surface area contributed by atoms with Gasteiger partial charge in [0, 0.05) is 30.6 Å². The molecular formula is C16H28ClN3OS. The van der Waals surface area contributed by atoms with E-state index < -0.39 is 0 Å². The van der Waals surface area contributed by atoms with Crippen molar-refractivity contribution in [3.05, 3.63) is 22.4 Å². The topological polar surface area (TPSA) is 44.4 Å². The van der Waals surface area contributed by atoms with Gasteiger partial charge in [-0.1, -0.05) is 26.8 Å². The molecule has 2 atom stereocenters. The lowest BCUT2D eigenvalue weighted by Gasteiger charge is -2.35. The first-order chi connectivity index (χ1) is 9.88. The van der Waals surface area contributed by atoms with Crippen LogP contribution in [-0.2, 0) is 4.79 Å². The standard InChI is InChI=1S/C16H27N3OS.ClH/c1-12-10-17-7-8-19(12)11-14(20)18-15(16(2,3)4)13-6-5-9-21-13;/h5-6,9,12,15,17H,7-8,10-11H2,1-4H3,(H,18,20);1H/t12-,15?;/m1./s1. The molecule has 0 spiro atoms. The van der Waals surface area contributed by atoms with Crippen molar-refractivity contribution in [1.82, 2.24) is 15.5 Å². The number of amides is 1. The average Bonchev–Trinajstić information content (AvgIpc) is 2.91. The van der Waals surface area contributed by atoms with E-state index in [9.17, 15) is 4.79 Å². The summed E-state index contributed by atoms with van der Waals surface area (Å²) in [6, 6.07) is 4.64. The lowest BCUT2D eigenvalue weighted by molar-refractivity contribution is -0.124. The molecule has 1 aromatic heterocycles. The van der Waals surface area contributed by atoms with Crippen molar-refractivity contribution in [2.75, 3.05) is 26.2 Å². The minimum absolute atomic E-state index is 0. The first-order valence-electron chi connectivity index (χ1n) is 7.65. The Hall–Kier alpha value is -0.620. The van der Waals surface area contributed by atoms with Crippen LogP contribution in [0.15, 0.2) is 17.5 Å². The zero-order chi connectivity index (χ0) is 15.5. The van der Waals surface area contributed by atoms with E-state index in [4.69, 9.17) is 0 Å². The molecule has 2 N–H and O–H groups in total. The number of carbonyl (C=O) groups is 1. The van der Waals surface area contributed by atoms with E-state index in [1.807, 2.05) is 6.07 Å². The van der Waals surface area contributed by atoms with Gasteiger partial charge in [-0.15, -0.1) is 23.7 Å². The lowest BCUT2D eigenvalue weighted by atomic mass is 9.85. The summed E-state index contributed by atoms with van der Waals surface area (Å²) in [6.07, 6.45) is 0. The highest BCUT2D eigenvalue weighted by Gasteiger charge is 2.29. The van der Waals surface area contributed by atoms with Gasteiger partial charge in [0.15, 0.2) is 0 Å². The van der Waals surface area contributed by atoms with Gasteiger partial charge < -0.3 is 10.6 Å². The van der Waals surface area contributed by atoms with Crippen LogP contribution in [0, 0.1) is 5.41 Å². The maximum atomic E-state index is 12.4. The summed E-state index contributed by atoms with van der Waals surface area (Å²) >= 11 is 1.71. The maximum absolute atomic E-state index is 12.4. The third kappa shape index (κ3) is 5.23. The van der Waals surface area contributed by atoms with E-state index in [-0.39, 0.29) is 29.8 Å². The number of thiophene rings is 1. The normalized spacial score (nSPS) is 21.0. The van der Waals surface area contributed by atoms with Crippen LogP contribution < -0.4 is 10.6 Å². The van der Waals surface area contributed by atoms with Gasteiger partial charge in [-0.2, -0.15) is 0 Å². The fraction of sp³-hybridized carbons (Fsp3) is 0.688. The van der Waals surface area contributed by atoms with E-state index in [0.29, 0.717) is 12.6 Å². The van der Waals surface area contributed by atoms with Crippen molar-refractivity contribution >= 4 is 29.7 Å². The molecule has 1 aromatic rings. The average molecular weight is 346 g/mol. The Morgan fingerprint density at radius 1 is 1.55 bits per heavy atom. The number of nitrogens with zero attached hydrogens (tertiary/aromatic N) is 1. The number of piperazine rings is 1. The SMILES string of the molecule is C[C@@H]1CNCCN1CC(=O)NC(c1cccs1)C(C)(C)C.Cl. The Labute approximate surface area is 144 Å². The van der Waals surface area contributed by atoms with Gasteiger partial charge in [0.1, 0.15) is 0 Å². The highest BCUT2D eigenvalue weighted by Crippen LogP contribution is 2.35. The molecular weight excluding hydrogens is 318 g/mol. The van der Waals surface area contributed by atoms with Crippen LogP contribution >= 0.6 is 23.7 Å². The molecule has 4 nitrogen and oxygen atoms in total. The van der Waals surface area contributed by atoms with Gasteiger partial charge in [-0.25, -0.2) is 0 Å². The van der Waals surface area contributed by atoms with Gasteiger partial charge in [0.05, 0.1) is 12.6 Å². The largest absolute Gasteiger partial charge is 0.347 e. The minimum Gasteiger partial charge on any atom is -0.347 e. The third-order valence-electron chi connectivity index (χ3n) is 3.98. The van der Waals surface area contributed by atoms with Crippen LogP contribution in [0.4, 0.5) is 0 Å². The Bertz CT molecular complexity index is 458. The van der Waals surface area contributed by atoms with Gasteiger partial charge >= 0.3 is 0 Å². The highest BCUT2D eigenvalue weighted by molar-refractivity contribution is 7.10. The van der Waals surface area contributed by atoms with E-state index in [1.54, 1.807) is 11.3 Å². The van der Waals surface area contributed by atoms with Crippen LogP contribution in [0.25, 0.3) is 0 Å². The quantitative estimate of drug-likeness (QED) is 0.881. The zero-order valence-electron chi connectivity index (χ0n) is 13.9. The molecule has 0 saturated carbocycles. The third-order valence-corrected chi connectivity index (χ3v) is 4.92. The van der Waals surface area contributed by atoms with Gasteiger partial charge in [-0.3, -0.25) is 9.69 Å². The Morgan fingerprint density at radius 2 is 2.27 bits per heavy atom. The van der Waals surface area contributed by atoms with E-state index in [2.05, 4.69) is 54.7 Å². The predicted molar refractivity (Wildman–Crippen MR) is 95.8 cm³/mol. The smallest absolute Gasteiger partial charge is 0.234 e. The number of rotatable bonds is 4.